The van der Waals surface area contributed by atoms with Crippen molar-refractivity contribution in [3.8, 4) is 5.75 Å². The molecule has 1 unspecified atom stereocenters. The van der Waals surface area contributed by atoms with Crippen LogP contribution in [-0.2, 0) is 44.3 Å². The zero-order chi connectivity index (χ0) is 34.1. The topological polar surface area (TPSA) is 235 Å². The summed E-state index contributed by atoms with van der Waals surface area (Å²) in [6.45, 7) is 5.38. The van der Waals surface area contributed by atoms with Gasteiger partial charge in [-0.05, 0) is 58.9 Å². The van der Waals surface area contributed by atoms with Crippen molar-refractivity contribution < 1.29 is 61.8 Å². The molecule has 0 amide bonds. The highest BCUT2D eigenvalue weighted by molar-refractivity contribution is 7.99. The Morgan fingerprint density at radius 2 is 1.54 bits per heavy atom. The van der Waals surface area contributed by atoms with Crippen LogP contribution in [-0.4, -0.2) is 86.3 Å². The van der Waals surface area contributed by atoms with Gasteiger partial charge < -0.3 is 48.5 Å². The quantitative estimate of drug-likeness (QED) is 0.0838. The summed E-state index contributed by atoms with van der Waals surface area (Å²) in [7, 11) is -3.99. The van der Waals surface area contributed by atoms with Crippen molar-refractivity contribution in [3.63, 3.8) is 0 Å². The fraction of sp³-hybridized carbons (Fsp3) is 0.500. The van der Waals surface area contributed by atoms with Crippen LogP contribution >= 0.6 is 19.4 Å². The van der Waals surface area contributed by atoms with Crippen LogP contribution in [0.5, 0.6) is 5.75 Å². The van der Waals surface area contributed by atoms with E-state index in [0.29, 0.717) is 21.9 Å². The second kappa shape index (κ2) is 16.2. The highest BCUT2D eigenvalue weighted by atomic mass is 32.2. The van der Waals surface area contributed by atoms with Gasteiger partial charge in [0.05, 0.1) is 38.3 Å². The van der Waals surface area contributed by atoms with Crippen molar-refractivity contribution >= 4 is 48.8 Å². The molecule has 18 nitrogen and oxygen atoms in total. The number of aromatic nitrogens is 4. The van der Waals surface area contributed by atoms with Gasteiger partial charge in [-0.25, -0.2) is 19.6 Å². The Kier molecular flexibility index (Phi) is 13.0. The Labute approximate surface area is 267 Å². The number of carbonyl (C=O) groups is 2. The lowest BCUT2D eigenvalue weighted by Gasteiger charge is -2.34. The monoisotopic (exact) mass is 689 g/mol. The average molecular weight is 690 g/mol. The number of benzene rings is 1. The average Bonchev–Trinajstić information content (AvgIpc) is 3.34. The van der Waals surface area contributed by atoms with E-state index in [9.17, 15) is 23.9 Å². The fourth-order valence-corrected chi connectivity index (χ4v) is 5.20. The van der Waals surface area contributed by atoms with Crippen molar-refractivity contribution in [1.29, 1.82) is 0 Å². The van der Waals surface area contributed by atoms with Gasteiger partial charge in [-0.15, -0.1) is 0 Å². The molecule has 0 radical (unpaired) electrons. The van der Waals surface area contributed by atoms with E-state index in [4.69, 9.17) is 43.6 Å². The molecule has 0 aliphatic heterocycles. The van der Waals surface area contributed by atoms with Crippen LogP contribution in [0.2, 0.25) is 0 Å². The van der Waals surface area contributed by atoms with Crippen molar-refractivity contribution in [1.82, 2.24) is 19.5 Å². The first kappa shape index (κ1) is 36.8. The zero-order valence-corrected chi connectivity index (χ0v) is 27.6. The number of nitrogen functional groups attached to an aromatic ring is 1. The van der Waals surface area contributed by atoms with E-state index in [2.05, 4.69) is 15.0 Å². The summed E-state index contributed by atoms with van der Waals surface area (Å²) in [5, 5.41) is 0.451. The predicted molar refractivity (Wildman–Crippen MR) is 159 cm³/mol. The molecule has 4 N–H and O–H groups in total. The Balaban J connectivity index is 1.84. The molecule has 0 spiro atoms. The van der Waals surface area contributed by atoms with Crippen molar-refractivity contribution in [2.24, 2.45) is 0 Å². The molecule has 0 aliphatic carbocycles. The Morgan fingerprint density at radius 1 is 0.978 bits per heavy atom. The second-order valence-electron chi connectivity index (χ2n) is 9.88. The van der Waals surface area contributed by atoms with E-state index in [0.717, 1.165) is 4.90 Å². The molecule has 3 rings (SSSR count). The molecule has 0 fully saturated rings. The number of hydrogen-bond donors (Lipinski definition) is 3. The lowest BCUT2D eigenvalue weighted by atomic mass is 10.3. The molecule has 254 valence electrons. The molecule has 0 bridgehead atoms. The second-order valence-corrected chi connectivity index (χ2v) is 12.6. The highest BCUT2D eigenvalue weighted by Crippen LogP contribution is 2.53. The summed E-state index contributed by atoms with van der Waals surface area (Å²) in [6, 6.07) is 7.24. The van der Waals surface area contributed by atoms with Gasteiger partial charge in [0.1, 0.15) is 16.3 Å². The number of anilines is 1. The Morgan fingerprint density at radius 3 is 2.04 bits per heavy atom. The number of carbonyl (C=O) groups excluding carboxylic acids is 2. The van der Waals surface area contributed by atoms with Crippen molar-refractivity contribution in [3.05, 3.63) is 30.6 Å². The zero-order valence-electron chi connectivity index (χ0n) is 25.8. The highest BCUT2D eigenvalue weighted by Gasteiger charge is 2.54. The minimum atomic E-state index is -5.55. The third kappa shape index (κ3) is 10.4. The van der Waals surface area contributed by atoms with Gasteiger partial charge in [-0.2, -0.15) is 4.98 Å². The maximum Gasteiger partial charge on any atom is 0.510 e. The van der Waals surface area contributed by atoms with Gasteiger partial charge in [0.2, 0.25) is 19.5 Å². The maximum absolute atomic E-state index is 12.7. The standard InChI is InChI=1S/C26H36N5O13PS/c1-15(2)42-24(32)38-13-40-26(45(34,35)36,41-14-39-25(33)43-16(3)4)44-17(5)11-31-12-28-20-21(31)29-23(27)30-22(20)46-19-9-7-18(37-6)8-10-19/h7-10,12,15-17H,11,13-14H2,1-6H3,(H2,27,29,30)(H2,34,35,36). The van der Waals surface area contributed by atoms with Crippen LogP contribution in [0.4, 0.5) is 15.5 Å². The number of nitrogens with two attached hydrogens (primary N) is 1. The van der Waals surface area contributed by atoms with E-state index < -0.39 is 57.5 Å². The summed E-state index contributed by atoms with van der Waals surface area (Å²) >= 11 is 1.29. The number of imidazole rings is 1. The molecule has 2 heterocycles. The van der Waals surface area contributed by atoms with E-state index >= 15 is 0 Å². The van der Waals surface area contributed by atoms with E-state index in [1.165, 1.54) is 29.6 Å². The minimum Gasteiger partial charge on any atom is -0.497 e. The molecular formula is C26H36N5O13PS. The molecule has 1 aromatic carbocycles. The van der Waals surface area contributed by atoms with Crippen LogP contribution in [0.1, 0.15) is 34.6 Å². The number of nitrogens with zero attached hydrogens (tertiary/aromatic N) is 4. The summed E-state index contributed by atoms with van der Waals surface area (Å²) in [5.74, 6) is 0.629. The molecule has 0 aliphatic rings. The first-order valence-corrected chi connectivity index (χ1v) is 16.0. The van der Waals surface area contributed by atoms with Gasteiger partial charge in [0.15, 0.2) is 5.65 Å². The Hall–Kier alpha value is -3.71. The number of fused-ring (bicyclic) bond motifs is 1. The van der Waals surface area contributed by atoms with Gasteiger partial charge >= 0.3 is 25.6 Å². The molecule has 0 saturated heterocycles. The molecular weight excluding hydrogens is 653 g/mol. The summed E-state index contributed by atoms with van der Waals surface area (Å²) < 4.78 is 54.5. The lowest BCUT2D eigenvalue weighted by molar-refractivity contribution is -0.375. The van der Waals surface area contributed by atoms with E-state index in [1.54, 1.807) is 46.9 Å². The van der Waals surface area contributed by atoms with Crippen LogP contribution in [0.15, 0.2) is 40.5 Å². The predicted octanol–water partition coefficient (Wildman–Crippen LogP) is 3.83. The Bertz CT molecular complexity index is 1490. The number of ether oxygens (including phenoxy) is 8. The van der Waals surface area contributed by atoms with Crippen LogP contribution < -0.4 is 10.5 Å². The SMILES string of the molecule is COc1ccc(Sc2nc(N)nc3c2ncn3CC(C)OC(OCOC(=O)OC(C)C)(OCOC(=O)OC(C)C)P(=O)(O)O)cc1. The van der Waals surface area contributed by atoms with Crippen LogP contribution in [0, 0.1) is 0 Å². The molecule has 0 saturated carbocycles. The van der Waals surface area contributed by atoms with Gasteiger partial charge in [0, 0.05) is 4.90 Å². The lowest BCUT2D eigenvalue weighted by Crippen LogP contribution is -2.44. The molecule has 46 heavy (non-hydrogen) atoms. The molecule has 20 heteroatoms. The van der Waals surface area contributed by atoms with Gasteiger partial charge in [-0.1, -0.05) is 11.8 Å². The molecule has 3 aromatic rings. The number of rotatable bonds is 16. The normalized spacial score (nSPS) is 12.7. The van der Waals surface area contributed by atoms with Crippen LogP contribution in [0.25, 0.3) is 11.2 Å². The van der Waals surface area contributed by atoms with Gasteiger partial charge in [0.25, 0.3) is 0 Å². The third-order valence-electron chi connectivity index (χ3n) is 5.38. The van der Waals surface area contributed by atoms with E-state index in [-0.39, 0.29) is 12.5 Å². The summed E-state index contributed by atoms with van der Waals surface area (Å²) in [4.78, 5) is 58.0. The van der Waals surface area contributed by atoms with Gasteiger partial charge in [-0.3, -0.25) is 14.0 Å². The summed E-state index contributed by atoms with van der Waals surface area (Å²) in [5.41, 5.74) is 3.45. The fourth-order valence-electron chi connectivity index (χ4n) is 3.57. The first-order chi connectivity index (χ1) is 21.6. The van der Waals surface area contributed by atoms with Crippen LogP contribution in [0.3, 0.4) is 0 Å². The summed E-state index contributed by atoms with van der Waals surface area (Å²) in [6.07, 6.45) is -3.19. The third-order valence-corrected chi connectivity index (χ3v) is 7.45. The first-order valence-electron chi connectivity index (χ1n) is 13.6. The molecule has 2 aromatic heterocycles. The van der Waals surface area contributed by atoms with Crippen molar-refractivity contribution in [2.45, 2.75) is 75.1 Å². The largest absolute Gasteiger partial charge is 0.510 e. The van der Waals surface area contributed by atoms with Crippen molar-refractivity contribution in [2.75, 3.05) is 26.4 Å². The smallest absolute Gasteiger partial charge is 0.497 e. The van der Waals surface area contributed by atoms with E-state index in [1.807, 2.05) is 12.1 Å². The number of hydrogen-bond acceptors (Lipinski definition) is 16. The number of methoxy groups -OCH3 is 1. The minimum absolute atomic E-state index is 0.0501. The molecule has 1 atom stereocenters. The maximum atomic E-state index is 12.7.